The zero-order valence-electron chi connectivity index (χ0n) is 18.0. The molecule has 0 spiro atoms. The second kappa shape index (κ2) is 11.3. The zero-order chi connectivity index (χ0) is 21.6. The molecular weight excluding hydrogens is 466 g/mol. The molecule has 8 heteroatoms. The minimum Gasteiger partial charge on any atom is -0.497 e. The lowest BCUT2D eigenvalue weighted by Crippen LogP contribution is -2.41. The van der Waals surface area contributed by atoms with Gasteiger partial charge in [0.05, 0.1) is 7.11 Å². The average molecular weight is 503 g/mol. The molecule has 0 amide bonds. The maximum Gasteiger partial charge on any atom is 0.274 e. The van der Waals surface area contributed by atoms with Crippen molar-refractivity contribution in [3.8, 4) is 5.75 Å². The second-order valence-electron chi connectivity index (χ2n) is 8.97. The number of piperidine rings is 1. The van der Waals surface area contributed by atoms with E-state index in [9.17, 15) is 8.42 Å². The van der Waals surface area contributed by atoms with Crippen molar-refractivity contribution in [3.63, 3.8) is 0 Å². The molecule has 0 atom stereocenters. The number of methoxy groups -OCH3 is 1. The lowest BCUT2D eigenvalue weighted by molar-refractivity contribution is 0.175. The van der Waals surface area contributed by atoms with E-state index < -0.39 is 10.2 Å². The molecule has 1 heterocycles. The molecule has 2 aliphatic rings. The average Bonchev–Trinajstić information content (AvgIpc) is 2.71. The van der Waals surface area contributed by atoms with Crippen LogP contribution in [0.4, 0.5) is 0 Å². The minimum absolute atomic E-state index is 0.0277. The van der Waals surface area contributed by atoms with Crippen molar-refractivity contribution in [1.29, 1.82) is 0 Å². The number of nitrogens with zero attached hydrogens (tertiary/aromatic N) is 1. The summed E-state index contributed by atoms with van der Waals surface area (Å²) < 4.78 is 31.4. The number of likely N-dealkylation sites (tertiary alicyclic amines) is 1. The molecule has 0 radical (unpaired) electrons. The lowest BCUT2D eigenvalue weighted by atomic mass is 9.83. The Morgan fingerprint density at radius 3 is 2.47 bits per heavy atom. The highest BCUT2D eigenvalue weighted by Crippen LogP contribution is 2.30. The zero-order valence-corrected chi connectivity index (χ0v) is 20.4. The van der Waals surface area contributed by atoms with Gasteiger partial charge in [0.2, 0.25) is 0 Å². The quantitative estimate of drug-likeness (QED) is 0.538. The van der Waals surface area contributed by atoms with Gasteiger partial charge in [0.1, 0.15) is 5.75 Å². The van der Waals surface area contributed by atoms with Crippen molar-refractivity contribution in [1.82, 2.24) is 9.62 Å². The van der Waals surface area contributed by atoms with Crippen LogP contribution < -0.4 is 14.6 Å². The lowest BCUT2D eigenvalue weighted by Gasteiger charge is -2.33. The van der Waals surface area contributed by atoms with Crippen LogP contribution in [0.15, 0.2) is 22.7 Å². The first-order valence-electron chi connectivity index (χ1n) is 11.2. The largest absolute Gasteiger partial charge is 0.497 e. The number of nitrogens with two attached hydrogens (primary N) is 1. The fourth-order valence-corrected chi connectivity index (χ4v) is 6.07. The van der Waals surface area contributed by atoms with Crippen LogP contribution in [0.1, 0.15) is 56.9 Å². The third-order valence-corrected chi connectivity index (χ3v) is 8.17. The molecule has 1 saturated carbocycles. The Morgan fingerprint density at radius 1 is 1.13 bits per heavy atom. The summed E-state index contributed by atoms with van der Waals surface area (Å²) in [5, 5.41) is 5.08. The Morgan fingerprint density at radius 2 is 1.83 bits per heavy atom. The molecule has 1 aromatic carbocycles. The third kappa shape index (κ3) is 7.79. The summed E-state index contributed by atoms with van der Waals surface area (Å²) in [6, 6.07) is 6.27. The standard InChI is InChI=1S/C22H36BrN3O3S/c1-29-21-8-9-22(23)19(16-21)15-18-10-13-26(14-11-18)12-2-3-17-4-6-20(7-5-17)25-30(24,27)28/h8-9,16-18,20,25H,2-7,10-15H2,1H3,(H2,24,27,28). The Hall–Kier alpha value is -0.670. The first-order valence-corrected chi connectivity index (χ1v) is 13.5. The van der Waals surface area contributed by atoms with Crippen molar-refractivity contribution in [2.24, 2.45) is 17.0 Å². The van der Waals surface area contributed by atoms with Crippen LogP contribution in [0, 0.1) is 11.8 Å². The molecule has 1 saturated heterocycles. The van der Waals surface area contributed by atoms with Gasteiger partial charge >= 0.3 is 0 Å². The molecule has 3 rings (SSSR count). The smallest absolute Gasteiger partial charge is 0.274 e. The van der Waals surface area contributed by atoms with Crippen molar-refractivity contribution < 1.29 is 13.2 Å². The summed E-state index contributed by atoms with van der Waals surface area (Å²) in [5.74, 6) is 2.40. The van der Waals surface area contributed by atoms with Gasteiger partial charge in [0.25, 0.3) is 10.2 Å². The maximum atomic E-state index is 11.2. The number of hydrogen-bond acceptors (Lipinski definition) is 4. The van der Waals surface area contributed by atoms with Crippen molar-refractivity contribution in [3.05, 3.63) is 28.2 Å². The maximum absolute atomic E-state index is 11.2. The van der Waals surface area contributed by atoms with Gasteiger partial charge in [0, 0.05) is 10.5 Å². The van der Waals surface area contributed by atoms with Gasteiger partial charge in [-0.15, -0.1) is 0 Å². The van der Waals surface area contributed by atoms with E-state index in [1.54, 1.807) is 7.11 Å². The number of halogens is 1. The fraction of sp³-hybridized carbons (Fsp3) is 0.727. The number of rotatable bonds is 9. The Labute approximate surface area is 190 Å². The van der Waals surface area contributed by atoms with Crippen molar-refractivity contribution >= 4 is 26.1 Å². The summed E-state index contributed by atoms with van der Waals surface area (Å²) in [7, 11) is -1.85. The Kier molecular flexibility index (Phi) is 9.01. The number of hydrogen-bond donors (Lipinski definition) is 2. The Balaban J connectivity index is 1.31. The van der Waals surface area contributed by atoms with E-state index in [-0.39, 0.29) is 6.04 Å². The van der Waals surface area contributed by atoms with Gasteiger partial charge in [-0.2, -0.15) is 13.1 Å². The van der Waals surface area contributed by atoms with Crippen molar-refractivity contribution in [2.45, 2.75) is 63.8 Å². The first-order chi connectivity index (χ1) is 14.3. The minimum atomic E-state index is -3.57. The van der Waals surface area contributed by atoms with Gasteiger partial charge in [-0.3, -0.25) is 0 Å². The molecular formula is C22H36BrN3O3S. The van der Waals surface area contributed by atoms with E-state index in [1.165, 1.54) is 55.4 Å². The molecule has 6 nitrogen and oxygen atoms in total. The van der Waals surface area contributed by atoms with E-state index in [2.05, 4.69) is 37.7 Å². The molecule has 0 unspecified atom stereocenters. The molecule has 1 aliphatic heterocycles. The summed E-state index contributed by atoms with van der Waals surface area (Å²) in [4.78, 5) is 2.62. The van der Waals surface area contributed by atoms with Gasteiger partial charge in [-0.1, -0.05) is 15.9 Å². The van der Waals surface area contributed by atoms with E-state index >= 15 is 0 Å². The van der Waals surface area contributed by atoms with Gasteiger partial charge in [-0.25, -0.2) is 5.14 Å². The molecule has 30 heavy (non-hydrogen) atoms. The van der Waals surface area contributed by atoms with Gasteiger partial charge < -0.3 is 9.64 Å². The van der Waals surface area contributed by atoms with Crippen LogP contribution in [0.5, 0.6) is 5.75 Å². The molecule has 0 aromatic heterocycles. The van der Waals surface area contributed by atoms with Crippen LogP contribution in [0.3, 0.4) is 0 Å². The van der Waals surface area contributed by atoms with E-state index in [0.717, 1.165) is 49.7 Å². The van der Waals surface area contributed by atoms with Gasteiger partial charge in [-0.05, 0) is 113 Å². The monoisotopic (exact) mass is 501 g/mol. The third-order valence-electron chi connectivity index (χ3n) is 6.73. The summed E-state index contributed by atoms with van der Waals surface area (Å²) in [5.41, 5.74) is 1.35. The summed E-state index contributed by atoms with van der Waals surface area (Å²) >= 11 is 3.68. The van der Waals surface area contributed by atoms with E-state index in [4.69, 9.17) is 9.88 Å². The van der Waals surface area contributed by atoms with Gasteiger partial charge in [0.15, 0.2) is 0 Å². The second-order valence-corrected chi connectivity index (χ2v) is 11.1. The molecule has 2 fully saturated rings. The molecule has 170 valence electrons. The van der Waals surface area contributed by atoms with Crippen LogP contribution in [0.25, 0.3) is 0 Å². The first kappa shape index (κ1) is 24.0. The molecule has 1 aliphatic carbocycles. The highest BCUT2D eigenvalue weighted by atomic mass is 79.9. The molecule has 1 aromatic rings. The predicted octanol–water partition coefficient (Wildman–Crippen LogP) is 3.84. The summed E-state index contributed by atoms with van der Waals surface area (Å²) in [6.07, 6.45) is 10.1. The predicted molar refractivity (Wildman–Crippen MR) is 125 cm³/mol. The highest BCUT2D eigenvalue weighted by Gasteiger charge is 2.24. The highest BCUT2D eigenvalue weighted by molar-refractivity contribution is 9.10. The van der Waals surface area contributed by atoms with E-state index in [1.807, 2.05) is 6.07 Å². The number of nitrogens with one attached hydrogen (secondary N) is 1. The van der Waals surface area contributed by atoms with Crippen LogP contribution in [0.2, 0.25) is 0 Å². The van der Waals surface area contributed by atoms with Crippen LogP contribution >= 0.6 is 15.9 Å². The fourth-order valence-electron chi connectivity index (χ4n) is 4.96. The number of benzene rings is 1. The SMILES string of the molecule is COc1ccc(Br)c(CC2CCN(CCCC3CCC(NS(N)(=O)=O)CC3)CC2)c1. The Bertz CT molecular complexity index is 774. The van der Waals surface area contributed by atoms with E-state index in [0.29, 0.717) is 0 Å². The topological polar surface area (TPSA) is 84.7 Å². The number of ether oxygens (including phenoxy) is 1. The van der Waals surface area contributed by atoms with Crippen molar-refractivity contribution in [2.75, 3.05) is 26.7 Å². The van der Waals surface area contributed by atoms with Crippen LogP contribution in [-0.2, 0) is 16.6 Å². The molecule has 3 N–H and O–H groups in total. The van der Waals surface area contributed by atoms with Crippen LogP contribution in [-0.4, -0.2) is 46.1 Å². The normalized spacial score (nSPS) is 24.1. The molecule has 0 bridgehead atoms. The summed E-state index contributed by atoms with van der Waals surface area (Å²) in [6.45, 7) is 3.57.